The molecule has 0 saturated heterocycles. The van der Waals surface area contributed by atoms with Crippen LogP contribution in [0.4, 0.5) is 4.39 Å². The lowest BCUT2D eigenvalue weighted by Gasteiger charge is -1.94. The summed E-state index contributed by atoms with van der Waals surface area (Å²) < 4.78 is 18.1. The zero-order chi connectivity index (χ0) is 13.2. The van der Waals surface area contributed by atoms with Gasteiger partial charge in [0, 0.05) is 11.8 Å². The molecule has 0 amide bonds. The molecule has 0 spiro atoms. The first-order valence-electron chi connectivity index (χ1n) is 5.46. The van der Waals surface area contributed by atoms with E-state index in [1.165, 1.54) is 18.3 Å². The van der Waals surface area contributed by atoms with Crippen LogP contribution in [0.1, 0.15) is 0 Å². The second-order valence-electron chi connectivity index (χ2n) is 3.87. The monoisotopic (exact) mass is 257 g/mol. The average molecular weight is 257 g/mol. The van der Waals surface area contributed by atoms with Gasteiger partial charge in [-0.1, -0.05) is 17.3 Å². The average Bonchev–Trinajstić information content (AvgIpc) is 2.88. The van der Waals surface area contributed by atoms with Gasteiger partial charge in [0.2, 0.25) is 5.82 Å². The Balaban J connectivity index is 2.00. The molecule has 1 aromatic carbocycles. The minimum absolute atomic E-state index is 0.108. The zero-order valence-corrected chi connectivity index (χ0v) is 9.62. The first-order valence-corrected chi connectivity index (χ1v) is 5.46. The second-order valence-corrected chi connectivity index (χ2v) is 3.87. The number of pyridine rings is 1. The highest BCUT2D eigenvalue weighted by Gasteiger charge is 2.11. The molecule has 0 radical (unpaired) electrons. The van der Waals surface area contributed by atoms with Crippen molar-refractivity contribution < 1.29 is 14.0 Å². The fourth-order valence-corrected chi connectivity index (χ4v) is 1.63. The van der Waals surface area contributed by atoms with Gasteiger partial charge in [0.25, 0.3) is 5.89 Å². The maximum atomic E-state index is 13.1. The van der Waals surface area contributed by atoms with Gasteiger partial charge < -0.3 is 9.63 Å². The molecule has 5 nitrogen and oxygen atoms in total. The van der Waals surface area contributed by atoms with Crippen LogP contribution < -0.4 is 0 Å². The first-order chi connectivity index (χ1) is 9.22. The van der Waals surface area contributed by atoms with Gasteiger partial charge in [0.05, 0.1) is 11.8 Å². The third-order valence-electron chi connectivity index (χ3n) is 2.48. The first kappa shape index (κ1) is 11.3. The molecule has 2 heterocycles. The van der Waals surface area contributed by atoms with Crippen molar-refractivity contribution in [3.8, 4) is 28.6 Å². The number of benzene rings is 1. The molecule has 0 unspecified atom stereocenters. The second kappa shape index (κ2) is 4.49. The number of hydrogen-bond donors (Lipinski definition) is 1. The van der Waals surface area contributed by atoms with E-state index in [1.54, 1.807) is 18.2 Å². The highest BCUT2D eigenvalue weighted by atomic mass is 19.1. The maximum absolute atomic E-state index is 13.1. The number of hydrogen-bond acceptors (Lipinski definition) is 5. The van der Waals surface area contributed by atoms with E-state index in [9.17, 15) is 9.50 Å². The van der Waals surface area contributed by atoms with Gasteiger partial charge in [-0.25, -0.2) is 4.39 Å². The van der Waals surface area contributed by atoms with Gasteiger partial charge in [-0.15, -0.1) is 0 Å². The lowest BCUT2D eigenvalue weighted by molar-refractivity contribution is 0.431. The Morgan fingerprint density at radius 1 is 1.11 bits per heavy atom. The third kappa shape index (κ3) is 2.28. The van der Waals surface area contributed by atoms with Crippen molar-refractivity contribution in [2.24, 2.45) is 0 Å². The molecular weight excluding hydrogens is 249 g/mol. The molecule has 19 heavy (non-hydrogen) atoms. The summed E-state index contributed by atoms with van der Waals surface area (Å²) in [5.41, 5.74) is 1.01. The summed E-state index contributed by atoms with van der Waals surface area (Å²) in [5.74, 6) is 0.117. The van der Waals surface area contributed by atoms with Crippen LogP contribution in [0.2, 0.25) is 0 Å². The van der Waals surface area contributed by atoms with E-state index in [0.29, 0.717) is 17.0 Å². The molecule has 0 fully saturated rings. The Bertz CT molecular complexity index is 667. The molecule has 2 aromatic heterocycles. The molecule has 0 aliphatic heterocycles. The van der Waals surface area contributed by atoms with E-state index in [-0.39, 0.29) is 11.6 Å². The summed E-state index contributed by atoms with van der Waals surface area (Å²) in [6.07, 6.45) is 2.53. The molecular formula is C13H8FN3O2. The molecule has 6 heteroatoms. The molecule has 0 atom stereocenters. The van der Waals surface area contributed by atoms with E-state index in [2.05, 4.69) is 15.1 Å². The fraction of sp³-hybridized carbons (Fsp3) is 0. The van der Waals surface area contributed by atoms with E-state index < -0.39 is 5.82 Å². The van der Waals surface area contributed by atoms with Gasteiger partial charge in [-0.2, -0.15) is 4.98 Å². The van der Waals surface area contributed by atoms with Gasteiger partial charge in [-0.05, 0) is 18.2 Å². The van der Waals surface area contributed by atoms with Crippen molar-refractivity contribution in [3.63, 3.8) is 0 Å². The summed E-state index contributed by atoms with van der Waals surface area (Å²) in [6, 6.07) is 7.72. The van der Waals surface area contributed by atoms with Crippen molar-refractivity contribution in [1.82, 2.24) is 15.1 Å². The normalized spacial score (nSPS) is 10.6. The van der Waals surface area contributed by atoms with Crippen molar-refractivity contribution in [1.29, 1.82) is 0 Å². The van der Waals surface area contributed by atoms with Crippen LogP contribution in [0, 0.1) is 5.82 Å². The highest BCUT2D eigenvalue weighted by molar-refractivity contribution is 5.60. The topological polar surface area (TPSA) is 72.0 Å². The number of aromatic nitrogens is 3. The van der Waals surface area contributed by atoms with Crippen molar-refractivity contribution in [3.05, 3.63) is 48.5 Å². The largest absolute Gasteiger partial charge is 0.508 e. The maximum Gasteiger partial charge on any atom is 0.259 e. The molecule has 0 saturated carbocycles. The Hall–Kier alpha value is -2.76. The van der Waals surface area contributed by atoms with Crippen molar-refractivity contribution >= 4 is 0 Å². The van der Waals surface area contributed by atoms with E-state index in [0.717, 1.165) is 6.20 Å². The van der Waals surface area contributed by atoms with Gasteiger partial charge in [0.1, 0.15) is 11.6 Å². The van der Waals surface area contributed by atoms with Crippen LogP contribution in [-0.4, -0.2) is 20.2 Å². The summed E-state index contributed by atoms with van der Waals surface area (Å²) in [4.78, 5) is 7.85. The lowest BCUT2D eigenvalue weighted by Crippen LogP contribution is -1.84. The van der Waals surface area contributed by atoms with Gasteiger partial charge in [-0.3, -0.25) is 4.98 Å². The van der Waals surface area contributed by atoms with Crippen LogP contribution in [0.15, 0.2) is 47.2 Å². The molecule has 3 aromatic rings. The van der Waals surface area contributed by atoms with Crippen LogP contribution in [0.25, 0.3) is 22.8 Å². The Kier molecular flexibility index (Phi) is 2.68. The van der Waals surface area contributed by atoms with Crippen LogP contribution in [-0.2, 0) is 0 Å². The summed E-state index contributed by atoms with van der Waals surface area (Å²) in [7, 11) is 0. The number of halogens is 1. The Morgan fingerprint density at radius 2 is 2.00 bits per heavy atom. The van der Waals surface area contributed by atoms with Crippen LogP contribution in [0.3, 0.4) is 0 Å². The van der Waals surface area contributed by atoms with E-state index in [4.69, 9.17) is 4.52 Å². The molecule has 0 bridgehead atoms. The number of phenolic OH excluding ortho intramolecular Hbond substituents is 1. The number of phenols is 1. The standard InChI is InChI=1S/C13H8FN3O2/c14-10-4-9(6-15-7-10)13-16-12(17-19-13)8-2-1-3-11(18)5-8/h1-7,18H. The third-order valence-corrected chi connectivity index (χ3v) is 2.48. The fourth-order valence-electron chi connectivity index (χ4n) is 1.63. The molecule has 0 aliphatic carbocycles. The smallest absolute Gasteiger partial charge is 0.259 e. The van der Waals surface area contributed by atoms with Crippen molar-refractivity contribution in [2.45, 2.75) is 0 Å². The summed E-state index contributed by atoms with van der Waals surface area (Å²) in [6.45, 7) is 0. The number of rotatable bonds is 2. The Labute approximate surface area is 107 Å². The van der Waals surface area contributed by atoms with Crippen molar-refractivity contribution in [2.75, 3.05) is 0 Å². The minimum Gasteiger partial charge on any atom is -0.508 e. The zero-order valence-electron chi connectivity index (χ0n) is 9.62. The van der Waals surface area contributed by atoms with E-state index >= 15 is 0 Å². The van der Waals surface area contributed by atoms with Gasteiger partial charge >= 0.3 is 0 Å². The summed E-state index contributed by atoms with van der Waals surface area (Å²) in [5, 5.41) is 13.2. The Morgan fingerprint density at radius 3 is 2.79 bits per heavy atom. The van der Waals surface area contributed by atoms with E-state index in [1.807, 2.05) is 0 Å². The minimum atomic E-state index is -0.477. The SMILES string of the molecule is Oc1cccc(-c2noc(-c3cncc(F)c3)n2)c1. The van der Waals surface area contributed by atoms with Gasteiger partial charge in [0.15, 0.2) is 0 Å². The quantitative estimate of drug-likeness (QED) is 0.764. The highest BCUT2D eigenvalue weighted by Crippen LogP contribution is 2.24. The molecule has 0 aliphatic rings. The molecule has 3 rings (SSSR count). The number of aromatic hydroxyl groups is 1. The molecule has 94 valence electrons. The lowest BCUT2D eigenvalue weighted by atomic mass is 10.2. The van der Waals surface area contributed by atoms with Crippen LogP contribution in [0.5, 0.6) is 5.75 Å². The molecule has 1 N–H and O–H groups in total. The predicted molar refractivity (Wildman–Crippen MR) is 64.6 cm³/mol. The van der Waals surface area contributed by atoms with Crippen LogP contribution >= 0.6 is 0 Å². The predicted octanol–water partition coefficient (Wildman–Crippen LogP) is 2.64. The summed E-state index contributed by atoms with van der Waals surface area (Å²) >= 11 is 0. The number of nitrogens with zero attached hydrogens (tertiary/aromatic N) is 3.